The average molecular weight is 529 g/mol. The molecule has 0 unspecified atom stereocenters. The highest BCUT2D eigenvalue weighted by molar-refractivity contribution is 6.31. The molecular formula is C29H38ClFN4O2. The van der Waals surface area contributed by atoms with E-state index in [0.717, 1.165) is 69.2 Å². The van der Waals surface area contributed by atoms with Crippen LogP contribution in [-0.4, -0.2) is 92.2 Å². The van der Waals surface area contributed by atoms with Crippen molar-refractivity contribution in [3.63, 3.8) is 0 Å². The van der Waals surface area contributed by atoms with E-state index in [1.807, 2.05) is 35.2 Å². The van der Waals surface area contributed by atoms with Gasteiger partial charge in [0.15, 0.2) is 0 Å². The second kappa shape index (κ2) is 12.6. The maximum Gasteiger partial charge on any atom is 0.222 e. The number of hydrogen-bond acceptors (Lipinski definition) is 5. The molecule has 3 saturated heterocycles. The first kappa shape index (κ1) is 26.4. The number of para-hydroxylation sites is 1. The molecule has 0 aliphatic carbocycles. The predicted molar refractivity (Wildman–Crippen MR) is 145 cm³/mol. The average Bonchev–Trinajstić information content (AvgIpc) is 2.94. The van der Waals surface area contributed by atoms with Crippen LogP contribution in [0.25, 0.3) is 0 Å². The number of carbonyl (C=O) groups excluding carboxylic acids is 1. The lowest BCUT2D eigenvalue weighted by Crippen LogP contribution is -2.57. The van der Waals surface area contributed by atoms with Crippen molar-refractivity contribution in [2.75, 3.05) is 70.5 Å². The fourth-order valence-electron chi connectivity index (χ4n) is 6.15. The van der Waals surface area contributed by atoms with Gasteiger partial charge in [0.05, 0.1) is 18.9 Å². The maximum absolute atomic E-state index is 14.4. The lowest BCUT2D eigenvalue weighted by molar-refractivity contribution is -0.135. The van der Waals surface area contributed by atoms with Crippen molar-refractivity contribution < 1.29 is 13.9 Å². The van der Waals surface area contributed by atoms with Crippen LogP contribution in [0.3, 0.4) is 0 Å². The zero-order valence-corrected chi connectivity index (χ0v) is 22.3. The smallest absolute Gasteiger partial charge is 0.222 e. The Kier molecular flexibility index (Phi) is 8.98. The van der Waals surface area contributed by atoms with Gasteiger partial charge in [-0.15, -0.1) is 0 Å². The van der Waals surface area contributed by atoms with E-state index in [-0.39, 0.29) is 11.7 Å². The number of piperazine rings is 1. The topological polar surface area (TPSA) is 39.3 Å². The van der Waals surface area contributed by atoms with Crippen molar-refractivity contribution in [3.05, 3.63) is 64.9 Å². The summed E-state index contributed by atoms with van der Waals surface area (Å²) in [5.41, 5.74) is 1.86. The van der Waals surface area contributed by atoms with Gasteiger partial charge in [-0.1, -0.05) is 41.9 Å². The minimum atomic E-state index is -0.150. The Labute approximate surface area is 224 Å². The van der Waals surface area contributed by atoms with Crippen LogP contribution in [0.5, 0.6) is 0 Å². The molecule has 5 rings (SSSR count). The molecule has 6 nitrogen and oxygen atoms in total. The number of piperidine rings is 1. The third-order valence-corrected chi connectivity index (χ3v) is 8.57. The Morgan fingerprint density at radius 2 is 1.68 bits per heavy atom. The number of likely N-dealkylation sites (tertiary alicyclic amines) is 1. The lowest BCUT2D eigenvalue weighted by atomic mass is 9.86. The van der Waals surface area contributed by atoms with Crippen molar-refractivity contribution in [3.8, 4) is 0 Å². The normalized spacial score (nSPS) is 23.8. The fraction of sp³-hybridized carbons (Fsp3) is 0.552. The summed E-state index contributed by atoms with van der Waals surface area (Å²) in [6.45, 7) is 8.94. The molecule has 3 aliphatic rings. The Bertz CT molecular complexity index is 1040. The van der Waals surface area contributed by atoms with Crippen molar-refractivity contribution in [2.45, 2.75) is 31.8 Å². The number of nitrogens with zero attached hydrogens (tertiary/aromatic N) is 4. The summed E-state index contributed by atoms with van der Waals surface area (Å²) in [7, 11) is 0. The van der Waals surface area contributed by atoms with Gasteiger partial charge in [0.25, 0.3) is 0 Å². The number of morpholine rings is 1. The zero-order chi connectivity index (χ0) is 25.6. The van der Waals surface area contributed by atoms with Crippen molar-refractivity contribution in [1.29, 1.82) is 0 Å². The van der Waals surface area contributed by atoms with E-state index < -0.39 is 0 Å². The van der Waals surface area contributed by atoms with E-state index in [1.54, 1.807) is 6.07 Å². The Hall–Kier alpha value is -2.19. The molecule has 3 heterocycles. The van der Waals surface area contributed by atoms with E-state index in [9.17, 15) is 9.18 Å². The molecule has 2 atom stereocenters. The van der Waals surface area contributed by atoms with Gasteiger partial charge in [-0.2, -0.15) is 0 Å². The summed E-state index contributed by atoms with van der Waals surface area (Å²) < 4.78 is 19.8. The van der Waals surface area contributed by atoms with Crippen LogP contribution in [0.4, 0.5) is 10.1 Å². The summed E-state index contributed by atoms with van der Waals surface area (Å²) >= 11 is 6.47. The third kappa shape index (κ3) is 6.63. The highest BCUT2D eigenvalue weighted by atomic mass is 35.5. The molecule has 0 bridgehead atoms. The second-order valence-corrected chi connectivity index (χ2v) is 10.9. The van der Waals surface area contributed by atoms with Gasteiger partial charge in [-0.25, -0.2) is 4.39 Å². The molecule has 0 aromatic heterocycles. The monoisotopic (exact) mass is 528 g/mol. The molecule has 1 amide bonds. The molecular weight excluding hydrogens is 491 g/mol. The minimum absolute atomic E-state index is 0.150. The quantitative estimate of drug-likeness (QED) is 0.540. The maximum atomic E-state index is 14.4. The van der Waals surface area contributed by atoms with Gasteiger partial charge < -0.3 is 14.5 Å². The predicted octanol–water partition coefficient (Wildman–Crippen LogP) is 4.13. The molecule has 0 spiro atoms. The fourth-order valence-corrected chi connectivity index (χ4v) is 6.35. The van der Waals surface area contributed by atoms with Gasteiger partial charge >= 0.3 is 0 Å². The van der Waals surface area contributed by atoms with Crippen LogP contribution < -0.4 is 4.90 Å². The summed E-state index contributed by atoms with van der Waals surface area (Å²) in [6, 6.07) is 15.6. The molecule has 0 N–H and O–H groups in total. The first-order valence-corrected chi connectivity index (χ1v) is 14.0. The van der Waals surface area contributed by atoms with Crippen LogP contribution in [-0.2, 0) is 16.1 Å². The molecule has 0 radical (unpaired) electrons. The number of amides is 1. The van der Waals surface area contributed by atoms with Crippen molar-refractivity contribution in [1.82, 2.24) is 14.7 Å². The summed E-state index contributed by atoms with van der Waals surface area (Å²) in [5.74, 6) is 0.499. The number of benzene rings is 2. The summed E-state index contributed by atoms with van der Waals surface area (Å²) in [5, 5.41) is 0.813. The minimum Gasteiger partial charge on any atom is -0.378 e. The molecule has 2 aromatic rings. The summed E-state index contributed by atoms with van der Waals surface area (Å²) in [6.07, 6.45) is 2.53. The van der Waals surface area contributed by atoms with Crippen molar-refractivity contribution in [2.24, 2.45) is 5.92 Å². The Morgan fingerprint density at radius 3 is 2.43 bits per heavy atom. The van der Waals surface area contributed by atoms with E-state index in [1.165, 1.54) is 6.07 Å². The number of anilines is 1. The number of carbonyl (C=O) groups is 1. The Morgan fingerprint density at radius 1 is 0.946 bits per heavy atom. The molecule has 37 heavy (non-hydrogen) atoms. The highest BCUT2D eigenvalue weighted by Crippen LogP contribution is 2.30. The van der Waals surface area contributed by atoms with Crippen LogP contribution >= 0.6 is 11.6 Å². The molecule has 2 aromatic carbocycles. The highest BCUT2D eigenvalue weighted by Gasteiger charge is 2.35. The zero-order valence-electron chi connectivity index (χ0n) is 21.5. The van der Waals surface area contributed by atoms with Gasteiger partial charge in [-0.3, -0.25) is 14.6 Å². The number of halogens is 2. The molecule has 3 aliphatic heterocycles. The number of hydrogen-bond donors (Lipinski definition) is 0. The molecule has 200 valence electrons. The standard InChI is InChI=1S/C29H38ClFN4O2/c30-25-6-2-1-5-23(25)21-32-12-11-27(24(22-32)9-10-29(36)35-17-19-37-20-18-35)33-13-15-34(16-14-33)28-8-4-3-7-26(28)31/h1-8,24,27H,9-22H2/t24-,27+/m0/s1. The lowest BCUT2D eigenvalue weighted by Gasteiger charge is -2.47. The number of rotatable bonds is 7. The van der Waals surface area contributed by atoms with Crippen LogP contribution in [0, 0.1) is 11.7 Å². The van der Waals surface area contributed by atoms with Crippen LogP contribution in [0.1, 0.15) is 24.8 Å². The summed E-state index contributed by atoms with van der Waals surface area (Å²) in [4.78, 5) is 22.2. The third-order valence-electron chi connectivity index (χ3n) is 8.20. The van der Waals surface area contributed by atoms with Crippen LogP contribution in [0.15, 0.2) is 48.5 Å². The van der Waals surface area contributed by atoms with Gasteiger partial charge in [-0.05, 0) is 49.1 Å². The second-order valence-electron chi connectivity index (χ2n) is 10.4. The first-order chi connectivity index (χ1) is 18.1. The van der Waals surface area contributed by atoms with E-state index in [0.29, 0.717) is 50.4 Å². The molecule has 0 saturated carbocycles. The number of ether oxygens (including phenoxy) is 1. The van der Waals surface area contributed by atoms with Gasteiger partial charge in [0.1, 0.15) is 5.82 Å². The van der Waals surface area contributed by atoms with E-state index in [2.05, 4.69) is 20.8 Å². The van der Waals surface area contributed by atoms with Gasteiger partial charge in [0.2, 0.25) is 5.91 Å². The van der Waals surface area contributed by atoms with Crippen LogP contribution in [0.2, 0.25) is 5.02 Å². The Balaban J connectivity index is 1.23. The van der Waals surface area contributed by atoms with E-state index in [4.69, 9.17) is 16.3 Å². The van der Waals surface area contributed by atoms with E-state index >= 15 is 0 Å². The van der Waals surface area contributed by atoms with Crippen molar-refractivity contribution >= 4 is 23.2 Å². The molecule has 8 heteroatoms. The largest absolute Gasteiger partial charge is 0.378 e. The van der Waals surface area contributed by atoms with Gasteiger partial charge in [0, 0.05) is 69.8 Å². The first-order valence-electron chi connectivity index (χ1n) is 13.6. The molecule has 3 fully saturated rings. The SMILES string of the molecule is O=C(CC[C@H]1CN(Cc2ccccc2Cl)CC[C@H]1N1CCN(c2ccccc2F)CC1)N1CCOCC1.